The molecule has 0 spiro atoms. The third-order valence-electron chi connectivity index (χ3n) is 8.18. The summed E-state index contributed by atoms with van der Waals surface area (Å²) in [5.74, 6) is 1.01. The van der Waals surface area contributed by atoms with E-state index in [1.54, 1.807) is 0 Å². The summed E-state index contributed by atoms with van der Waals surface area (Å²) in [6.07, 6.45) is 11.0. The molecular formula is C33H39N7O. The molecule has 0 bridgehead atoms. The quantitative estimate of drug-likeness (QED) is 0.307. The minimum Gasteiger partial charge on any atom is -0.353 e. The molecule has 0 aliphatic carbocycles. The Morgan fingerprint density at radius 1 is 0.805 bits per heavy atom. The number of amides is 1. The molecule has 2 aromatic carbocycles. The lowest BCUT2D eigenvalue weighted by molar-refractivity contribution is -0.116. The van der Waals surface area contributed by atoms with Gasteiger partial charge in [0.05, 0.1) is 17.2 Å². The van der Waals surface area contributed by atoms with Gasteiger partial charge in [-0.05, 0) is 85.9 Å². The van der Waals surface area contributed by atoms with E-state index in [9.17, 15) is 4.79 Å². The Morgan fingerprint density at radius 2 is 1.61 bits per heavy atom. The van der Waals surface area contributed by atoms with Crippen LogP contribution in [0.2, 0.25) is 0 Å². The fourth-order valence-electron chi connectivity index (χ4n) is 5.83. The third-order valence-corrected chi connectivity index (χ3v) is 8.18. The second kappa shape index (κ2) is 13.2. The van der Waals surface area contributed by atoms with E-state index in [0.29, 0.717) is 6.42 Å². The molecule has 0 saturated carbocycles. The Morgan fingerprint density at radius 3 is 2.39 bits per heavy atom. The van der Waals surface area contributed by atoms with Crippen molar-refractivity contribution in [3.05, 3.63) is 78.8 Å². The minimum atomic E-state index is 0.0844. The van der Waals surface area contributed by atoms with Gasteiger partial charge in [-0.2, -0.15) is 0 Å². The smallest absolute Gasteiger partial charge is 0.224 e. The number of anilines is 2. The van der Waals surface area contributed by atoms with E-state index in [-0.39, 0.29) is 5.91 Å². The van der Waals surface area contributed by atoms with Crippen molar-refractivity contribution >= 4 is 28.4 Å². The largest absolute Gasteiger partial charge is 0.353 e. The molecule has 6 rings (SSSR count). The lowest BCUT2D eigenvalue weighted by atomic mass is 10.0. The first kappa shape index (κ1) is 27.3. The molecule has 0 atom stereocenters. The van der Waals surface area contributed by atoms with Crippen molar-refractivity contribution in [2.45, 2.75) is 38.6 Å². The van der Waals surface area contributed by atoms with E-state index < -0.39 is 0 Å². The van der Waals surface area contributed by atoms with Gasteiger partial charge in [0, 0.05) is 57.2 Å². The number of carbonyl (C=O) groups is 1. The normalized spacial score (nSPS) is 16.6. The maximum Gasteiger partial charge on any atom is 0.224 e. The second-order valence-electron chi connectivity index (χ2n) is 11.2. The molecule has 8 heteroatoms. The van der Waals surface area contributed by atoms with Crippen LogP contribution in [0.25, 0.3) is 22.2 Å². The van der Waals surface area contributed by atoms with Crippen molar-refractivity contribution in [2.75, 3.05) is 56.0 Å². The van der Waals surface area contributed by atoms with Crippen molar-refractivity contribution < 1.29 is 4.79 Å². The van der Waals surface area contributed by atoms with E-state index in [0.717, 1.165) is 79.4 Å². The summed E-state index contributed by atoms with van der Waals surface area (Å²) < 4.78 is 0. The average molecular weight is 550 g/mol. The Kier molecular flexibility index (Phi) is 8.78. The Labute approximate surface area is 242 Å². The summed E-state index contributed by atoms with van der Waals surface area (Å²) >= 11 is 0. The lowest BCUT2D eigenvalue weighted by Gasteiger charge is -2.35. The number of rotatable bonds is 9. The topological polar surface area (TPSA) is 77.5 Å². The number of hydrogen-bond donors (Lipinski definition) is 1. The molecule has 4 heterocycles. The average Bonchev–Trinajstić information content (AvgIpc) is 3.02. The predicted octanol–water partition coefficient (Wildman–Crippen LogP) is 5.22. The molecule has 212 valence electrons. The van der Waals surface area contributed by atoms with E-state index in [1.165, 1.54) is 37.9 Å². The van der Waals surface area contributed by atoms with Gasteiger partial charge in [0.1, 0.15) is 5.82 Å². The minimum absolute atomic E-state index is 0.0844. The van der Waals surface area contributed by atoms with Crippen LogP contribution < -0.4 is 10.2 Å². The van der Waals surface area contributed by atoms with Crippen LogP contribution in [-0.2, 0) is 11.3 Å². The fourth-order valence-corrected chi connectivity index (χ4v) is 5.83. The molecular weight excluding hydrogens is 510 g/mol. The number of nitrogens with one attached hydrogen (secondary N) is 1. The molecule has 2 aromatic heterocycles. The zero-order chi connectivity index (χ0) is 27.9. The Bertz CT molecular complexity index is 1430. The van der Waals surface area contributed by atoms with Crippen LogP contribution in [0.5, 0.6) is 0 Å². The molecule has 2 fully saturated rings. The van der Waals surface area contributed by atoms with Crippen molar-refractivity contribution in [1.82, 2.24) is 24.8 Å². The molecule has 2 aliphatic heterocycles. The van der Waals surface area contributed by atoms with Gasteiger partial charge in [-0.15, -0.1) is 0 Å². The Balaban J connectivity index is 1.04. The zero-order valence-corrected chi connectivity index (χ0v) is 23.7. The second-order valence-corrected chi connectivity index (χ2v) is 11.2. The molecule has 2 aliphatic rings. The number of pyridine rings is 1. The third kappa shape index (κ3) is 7.26. The van der Waals surface area contributed by atoms with Crippen LogP contribution in [0.4, 0.5) is 11.5 Å². The van der Waals surface area contributed by atoms with E-state index in [1.807, 2.05) is 42.9 Å². The highest BCUT2D eigenvalue weighted by atomic mass is 16.1. The van der Waals surface area contributed by atoms with Crippen LogP contribution in [0.15, 0.2) is 73.2 Å². The van der Waals surface area contributed by atoms with Crippen LogP contribution in [0.3, 0.4) is 0 Å². The van der Waals surface area contributed by atoms with Crippen molar-refractivity contribution in [2.24, 2.45) is 0 Å². The highest BCUT2D eigenvalue weighted by molar-refractivity contribution is 5.91. The maximum absolute atomic E-state index is 12.5. The van der Waals surface area contributed by atoms with E-state index >= 15 is 0 Å². The fraction of sp³-hybridized carbons (Fsp3) is 0.394. The van der Waals surface area contributed by atoms with Crippen LogP contribution in [0, 0.1) is 0 Å². The first-order chi connectivity index (χ1) is 20.2. The van der Waals surface area contributed by atoms with Gasteiger partial charge in [0.15, 0.2) is 0 Å². The number of benzene rings is 2. The van der Waals surface area contributed by atoms with Gasteiger partial charge in [-0.25, -0.2) is 4.98 Å². The number of hydrogen-bond acceptors (Lipinski definition) is 7. The molecule has 8 nitrogen and oxygen atoms in total. The first-order valence-electron chi connectivity index (χ1n) is 15.0. The van der Waals surface area contributed by atoms with Gasteiger partial charge >= 0.3 is 0 Å². The van der Waals surface area contributed by atoms with Crippen molar-refractivity contribution in [3.8, 4) is 11.1 Å². The number of piperidine rings is 1. The molecule has 1 N–H and O–H groups in total. The lowest BCUT2D eigenvalue weighted by Crippen LogP contribution is -2.46. The summed E-state index contributed by atoms with van der Waals surface area (Å²) in [7, 11) is 0. The SMILES string of the molecule is O=C(CCCN1CCCCC1)Nc1ccc(-c2ccc3ncc(N4CCN(Cc5cccnc5)CC4)nc3c2)cc1. The summed E-state index contributed by atoms with van der Waals surface area (Å²) in [5.41, 5.74) is 6.04. The van der Waals surface area contributed by atoms with Crippen molar-refractivity contribution in [3.63, 3.8) is 0 Å². The summed E-state index contributed by atoms with van der Waals surface area (Å²) in [6.45, 7) is 8.10. The van der Waals surface area contributed by atoms with E-state index in [4.69, 9.17) is 9.97 Å². The Hall–Kier alpha value is -3.88. The molecule has 0 unspecified atom stereocenters. The number of likely N-dealkylation sites (tertiary alicyclic amines) is 1. The number of carbonyl (C=O) groups excluding carboxylic acids is 1. The van der Waals surface area contributed by atoms with Gasteiger partial charge in [-0.1, -0.05) is 30.7 Å². The van der Waals surface area contributed by atoms with Crippen LogP contribution >= 0.6 is 0 Å². The molecule has 1 amide bonds. The summed E-state index contributed by atoms with van der Waals surface area (Å²) in [4.78, 5) is 33.7. The monoisotopic (exact) mass is 549 g/mol. The standard InChI is InChI=1S/C33H39N7O/c41-33(7-5-17-38-15-2-1-3-16-38)36-29-11-8-27(9-12-29)28-10-13-30-31(22-28)37-32(24-35-30)40-20-18-39(19-21-40)25-26-6-4-14-34-23-26/h4,6,8-14,22-24H,1-3,5,7,15-21,25H2,(H,36,41). The molecule has 2 saturated heterocycles. The number of piperazine rings is 1. The highest BCUT2D eigenvalue weighted by Gasteiger charge is 2.19. The van der Waals surface area contributed by atoms with Crippen LogP contribution in [-0.4, -0.2) is 76.5 Å². The first-order valence-corrected chi connectivity index (χ1v) is 15.0. The van der Waals surface area contributed by atoms with Crippen molar-refractivity contribution in [1.29, 1.82) is 0 Å². The summed E-state index contributed by atoms with van der Waals surface area (Å²) in [6, 6.07) is 18.4. The summed E-state index contributed by atoms with van der Waals surface area (Å²) in [5, 5.41) is 3.06. The highest BCUT2D eigenvalue weighted by Crippen LogP contribution is 2.26. The van der Waals surface area contributed by atoms with Gasteiger partial charge in [0.2, 0.25) is 5.91 Å². The van der Waals surface area contributed by atoms with Gasteiger partial charge in [0.25, 0.3) is 0 Å². The predicted molar refractivity (Wildman–Crippen MR) is 165 cm³/mol. The maximum atomic E-state index is 12.5. The van der Waals surface area contributed by atoms with Gasteiger partial charge in [-0.3, -0.25) is 19.7 Å². The number of nitrogens with zero attached hydrogens (tertiary/aromatic N) is 6. The molecule has 41 heavy (non-hydrogen) atoms. The van der Waals surface area contributed by atoms with Gasteiger partial charge < -0.3 is 15.1 Å². The number of aromatic nitrogens is 3. The van der Waals surface area contributed by atoms with Crippen LogP contribution in [0.1, 0.15) is 37.7 Å². The molecule has 4 aromatic rings. The number of fused-ring (bicyclic) bond motifs is 1. The molecule has 0 radical (unpaired) electrons. The van der Waals surface area contributed by atoms with E-state index in [2.05, 4.69) is 55.3 Å². The zero-order valence-electron chi connectivity index (χ0n) is 23.7.